The molecule has 128 valence electrons. The predicted octanol–water partition coefficient (Wildman–Crippen LogP) is 3.39. The largest absolute Gasteiger partial charge is 0.493 e. The number of ether oxygens (including phenoxy) is 2. The molecular weight excluding hydrogens is 330 g/mol. The highest BCUT2D eigenvalue weighted by Gasteiger charge is 2.12. The van der Waals surface area contributed by atoms with Crippen LogP contribution in [0.15, 0.2) is 36.4 Å². The average Bonchev–Trinajstić information content (AvgIpc) is 2.59. The van der Waals surface area contributed by atoms with Gasteiger partial charge in [-0.3, -0.25) is 0 Å². The number of carboxylic acids is 1. The summed E-state index contributed by atoms with van der Waals surface area (Å²) in [5, 5.41) is 12.7. The number of carbonyl (C=O) groups is 1. The molecule has 2 rings (SSSR count). The maximum absolute atomic E-state index is 10.8. The van der Waals surface area contributed by atoms with E-state index in [0.29, 0.717) is 23.1 Å². The highest BCUT2D eigenvalue weighted by molar-refractivity contribution is 6.33. The first-order valence-corrected chi connectivity index (χ1v) is 7.87. The van der Waals surface area contributed by atoms with E-state index in [0.717, 1.165) is 24.1 Å². The van der Waals surface area contributed by atoms with E-state index in [1.165, 1.54) is 0 Å². The Morgan fingerprint density at radius 3 is 2.42 bits per heavy atom. The number of nitrogens with one attached hydrogen (secondary N) is 1. The van der Waals surface area contributed by atoms with Crippen LogP contribution in [0.25, 0.3) is 0 Å². The number of rotatable bonds is 8. The van der Waals surface area contributed by atoms with Crippen LogP contribution in [0.2, 0.25) is 5.02 Å². The molecule has 0 heterocycles. The molecule has 0 unspecified atom stereocenters. The number of hydrogen-bond donors (Lipinski definition) is 2. The zero-order valence-electron chi connectivity index (χ0n) is 13.6. The molecule has 6 heteroatoms. The maximum Gasteiger partial charge on any atom is 0.335 e. The second kappa shape index (κ2) is 8.57. The van der Waals surface area contributed by atoms with Crippen molar-refractivity contribution in [3.05, 3.63) is 58.1 Å². The monoisotopic (exact) mass is 349 g/mol. The van der Waals surface area contributed by atoms with Crippen molar-refractivity contribution in [1.29, 1.82) is 0 Å². The zero-order chi connectivity index (χ0) is 17.5. The molecule has 2 aromatic carbocycles. The van der Waals surface area contributed by atoms with Crippen LogP contribution >= 0.6 is 11.6 Å². The summed E-state index contributed by atoms with van der Waals surface area (Å²) in [4.78, 5) is 10.8. The maximum atomic E-state index is 10.8. The van der Waals surface area contributed by atoms with Gasteiger partial charge in [-0.1, -0.05) is 29.8 Å². The van der Waals surface area contributed by atoms with Crippen molar-refractivity contribution in [1.82, 2.24) is 5.32 Å². The second-order valence-electron chi connectivity index (χ2n) is 5.20. The van der Waals surface area contributed by atoms with Crippen molar-refractivity contribution in [2.24, 2.45) is 0 Å². The predicted molar refractivity (Wildman–Crippen MR) is 93.4 cm³/mol. The molecule has 0 aliphatic heterocycles. The molecule has 0 spiro atoms. The van der Waals surface area contributed by atoms with Crippen LogP contribution in [-0.2, 0) is 13.0 Å². The van der Waals surface area contributed by atoms with Crippen molar-refractivity contribution >= 4 is 17.6 Å². The number of aromatic carboxylic acids is 1. The Morgan fingerprint density at radius 2 is 1.83 bits per heavy atom. The van der Waals surface area contributed by atoms with Gasteiger partial charge < -0.3 is 19.9 Å². The van der Waals surface area contributed by atoms with Gasteiger partial charge in [0.1, 0.15) is 0 Å². The molecule has 0 atom stereocenters. The van der Waals surface area contributed by atoms with E-state index in [9.17, 15) is 4.79 Å². The topological polar surface area (TPSA) is 67.8 Å². The van der Waals surface area contributed by atoms with Crippen LogP contribution in [0.4, 0.5) is 0 Å². The van der Waals surface area contributed by atoms with Gasteiger partial charge in [-0.05, 0) is 42.3 Å². The molecule has 0 aromatic heterocycles. The minimum absolute atomic E-state index is 0.288. The number of methoxy groups -OCH3 is 2. The lowest BCUT2D eigenvalue weighted by Crippen LogP contribution is -2.17. The van der Waals surface area contributed by atoms with Crippen LogP contribution < -0.4 is 14.8 Å². The minimum Gasteiger partial charge on any atom is -0.493 e. The van der Waals surface area contributed by atoms with E-state index >= 15 is 0 Å². The summed E-state index contributed by atoms with van der Waals surface area (Å²) >= 11 is 6.35. The lowest BCUT2D eigenvalue weighted by atomic mass is 10.1. The Kier molecular flexibility index (Phi) is 6.46. The number of halogens is 1. The molecule has 0 aliphatic rings. The molecule has 0 amide bonds. The van der Waals surface area contributed by atoms with Crippen LogP contribution in [0.3, 0.4) is 0 Å². The molecular formula is C18H20ClNO4. The van der Waals surface area contributed by atoms with Crippen molar-refractivity contribution in [2.75, 3.05) is 20.8 Å². The first kappa shape index (κ1) is 18.1. The normalized spacial score (nSPS) is 10.5. The number of carboxylic acid groups (broad SMARTS) is 1. The smallest absolute Gasteiger partial charge is 0.335 e. The molecule has 0 radical (unpaired) electrons. The molecule has 2 aromatic rings. The first-order chi connectivity index (χ1) is 11.6. The second-order valence-corrected chi connectivity index (χ2v) is 5.58. The summed E-state index contributed by atoms with van der Waals surface area (Å²) in [5.74, 6) is 0.233. The molecule has 5 nitrogen and oxygen atoms in total. The van der Waals surface area contributed by atoms with Crippen molar-refractivity contribution < 1.29 is 19.4 Å². The number of hydrogen-bond acceptors (Lipinski definition) is 4. The molecule has 2 N–H and O–H groups in total. The summed E-state index contributed by atoms with van der Waals surface area (Å²) < 4.78 is 10.5. The zero-order valence-corrected chi connectivity index (χ0v) is 14.4. The molecule has 0 bridgehead atoms. The van der Waals surface area contributed by atoms with Gasteiger partial charge in [0.15, 0.2) is 11.5 Å². The quantitative estimate of drug-likeness (QED) is 0.715. The van der Waals surface area contributed by atoms with E-state index in [-0.39, 0.29) is 5.56 Å². The third kappa shape index (κ3) is 4.40. The van der Waals surface area contributed by atoms with Crippen LogP contribution in [0, 0.1) is 0 Å². The minimum atomic E-state index is -0.919. The third-order valence-electron chi connectivity index (χ3n) is 3.67. The first-order valence-electron chi connectivity index (χ1n) is 7.49. The van der Waals surface area contributed by atoms with E-state index in [2.05, 4.69) is 5.32 Å². The molecule has 0 saturated carbocycles. The standard InChI is InChI=1S/C18H20ClNO4/c1-23-15-8-7-13(16(19)17(15)24-2)9-10-20-11-12-3-5-14(6-4-12)18(21)22/h3-8,20H,9-11H2,1-2H3,(H,21,22). The van der Waals surface area contributed by atoms with E-state index in [1.807, 2.05) is 12.1 Å². The highest BCUT2D eigenvalue weighted by Crippen LogP contribution is 2.37. The average molecular weight is 350 g/mol. The van der Waals surface area contributed by atoms with Gasteiger partial charge >= 0.3 is 5.97 Å². The van der Waals surface area contributed by atoms with Gasteiger partial charge in [0.05, 0.1) is 24.8 Å². The van der Waals surface area contributed by atoms with E-state index < -0.39 is 5.97 Å². The summed E-state index contributed by atoms with van der Waals surface area (Å²) in [5.41, 5.74) is 2.29. The number of benzene rings is 2. The van der Waals surface area contributed by atoms with Gasteiger partial charge in [-0.25, -0.2) is 4.79 Å². The fraction of sp³-hybridized carbons (Fsp3) is 0.278. The van der Waals surface area contributed by atoms with Gasteiger partial charge in [-0.2, -0.15) is 0 Å². The Hall–Kier alpha value is -2.24. The van der Waals surface area contributed by atoms with Crippen LogP contribution in [0.5, 0.6) is 11.5 Å². The van der Waals surface area contributed by atoms with Gasteiger partial charge in [0, 0.05) is 6.54 Å². The molecule has 24 heavy (non-hydrogen) atoms. The molecule has 0 aliphatic carbocycles. The molecule has 0 saturated heterocycles. The van der Waals surface area contributed by atoms with Gasteiger partial charge in [0.25, 0.3) is 0 Å². The Bertz CT molecular complexity index is 701. The van der Waals surface area contributed by atoms with Crippen molar-refractivity contribution in [3.63, 3.8) is 0 Å². The summed E-state index contributed by atoms with van der Waals surface area (Å²) in [6.45, 7) is 1.39. The fourth-order valence-electron chi connectivity index (χ4n) is 2.34. The summed E-state index contributed by atoms with van der Waals surface area (Å²) in [6, 6.07) is 10.6. The molecule has 0 fully saturated rings. The van der Waals surface area contributed by atoms with Crippen molar-refractivity contribution in [3.8, 4) is 11.5 Å². The van der Waals surface area contributed by atoms with Crippen molar-refractivity contribution in [2.45, 2.75) is 13.0 Å². The third-order valence-corrected chi connectivity index (χ3v) is 4.08. The van der Waals surface area contributed by atoms with E-state index in [4.69, 9.17) is 26.2 Å². The lowest BCUT2D eigenvalue weighted by molar-refractivity contribution is 0.0697. The summed E-state index contributed by atoms with van der Waals surface area (Å²) in [7, 11) is 3.14. The van der Waals surface area contributed by atoms with Gasteiger partial charge in [0.2, 0.25) is 0 Å². The van der Waals surface area contributed by atoms with Crippen LogP contribution in [0.1, 0.15) is 21.5 Å². The highest BCUT2D eigenvalue weighted by atomic mass is 35.5. The Morgan fingerprint density at radius 1 is 1.12 bits per heavy atom. The lowest BCUT2D eigenvalue weighted by Gasteiger charge is -2.13. The SMILES string of the molecule is COc1ccc(CCNCc2ccc(C(=O)O)cc2)c(Cl)c1OC. The Labute approximate surface area is 146 Å². The Balaban J connectivity index is 1.89. The van der Waals surface area contributed by atoms with Crippen LogP contribution in [-0.4, -0.2) is 31.8 Å². The van der Waals surface area contributed by atoms with E-state index in [1.54, 1.807) is 38.5 Å². The van der Waals surface area contributed by atoms with Gasteiger partial charge in [-0.15, -0.1) is 0 Å². The fourth-order valence-corrected chi connectivity index (χ4v) is 2.67. The summed E-state index contributed by atoms with van der Waals surface area (Å²) in [6.07, 6.45) is 0.742.